The fraction of sp³-hybridized carbons (Fsp3) is 0. The molecule has 94 valence electrons. The Balaban J connectivity index is 2.54. The third kappa shape index (κ3) is 2.19. The molecule has 0 aromatic heterocycles. The fourth-order valence-corrected chi connectivity index (χ4v) is 2.70. The number of nitrogen functional groups attached to an aromatic ring is 1. The van der Waals surface area contributed by atoms with Crippen LogP contribution < -0.4 is 5.73 Å². The van der Waals surface area contributed by atoms with E-state index in [0.29, 0.717) is 11.8 Å². The monoisotopic (exact) mass is 269 g/mol. The Kier molecular flexibility index (Phi) is 3.04. The lowest BCUT2D eigenvalue weighted by Crippen LogP contribution is -2.03. The number of hydrogen-bond acceptors (Lipinski definition) is 3. The Morgan fingerprint density at radius 3 is 1.94 bits per heavy atom. The number of anilines is 1. The van der Waals surface area contributed by atoms with Crippen molar-refractivity contribution in [1.82, 2.24) is 0 Å². The molecule has 6 heteroatoms. The Morgan fingerprint density at radius 2 is 1.39 bits per heavy atom. The summed E-state index contributed by atoms with van der Waals surface area (Å²) < 4.78 is 49.9. The zero-order valence-corrected chi connectivity index (χ0v) is 9.92. The summed E-state index contributed by atoms with van der Waals surface area (Å²) in [6.45, 7) is 0. The maximum Gasteiger partial charge on any atom is 0.206 e. The molecule has 2 aromatic rings. The van der Waals surface area contributed by atoms with Gasteiger partial charge in [0.25, 0.3) is 0 Å². The lowest BCUT2D eigenvalue weighted by atomic mass is 10.3. The Morgan fingerprint density at radius 1 is 0.833 bits per heavy atom. The zero-order valence-electron chi connectivity index (χ0n) is 9.10. The standard InChI is InChI=1S/C12H9F2NO2S/c13-11-6-5-10(7-12(11)14)18(16,17)9-3-1-8(15)2-4-9/h1-7H,15H2. The molecule has 2 aromatic carbocycles. The topological polar surface area (TPSA) is 60.2 Å². The van der Waals surface area contributed by atoms with Crippen molar-refractivity contribution in [2.24, 2.45) is 0 Å². The highest BCUT2D eigenvalue weighted by Crippen LogP contribution is 2.23. The average molecular weight is 269 g/mol. The molecule has 0 fully saturated rings. The summed E-state index contributed by atoms with van der Waals surface area (Å²) in [5.74, 6) is -2.29. The summed E-state index contributed by atoms with van der Waals surface area (Å²) in [5, 5.41) is 0. The van der Waals surface area contributed by atoms with Crippen molar-refractivity contribution in [3.05, 3.63) is 54.1 Å². The van der Waals surface area contributed by atoms with Crippen LogP contribution in [0.1, 0.15) is 0 Å². The van der Waals surface area contributed by atoms with Gasteiger partial charge >= 0.3 is 0 Å². The Hall–Kier alpha value is -1.95. The molecule has 0 aliphatic rings. The summed E-state index contributed by atoms with van der Waals surface area (Å²) >= 11 is 0. The van der Waals surface area contributed by atoms with Gasteiger partial charge in [0.1, 0.15) is 0 Å². The van der Waals surface area contributed by atoms with Crippen LogP contribution in [0.4, 0.5) is 14.5 Å². The van der Waals surface area contributed by atoms with Crippen LogP contribution in [0.5, 0.6) is 0 Å². The van der Waals surface area contributed by atoms with E-state index in [2.05, 4.69) is 0 Å². The summed E-state index contributed by atoms with van der Waals surface area (Å²) in [7, 11) is -3.86. The third-order valence-electron chi connectivity index (χ3n) is 2.39. The van der Waals surface area contributed by atoms with Gasteiger partial charge < -0.3 is 5.73 Å². The van der Waals surface area contributed by atoms with E-state index in [1.165, 1.54) is 24.3 Å². The first kappa shape index (κ1) is 12.5. The van der Waals surface area contributed by atoms with Gasteiger partial charge in [0, 0.05) is 5.69 Å². The summed E-state index contributed by atoms with van der Waals surface area (Å²) in [4.78, 5) is -0.325. The van der Waals surface area contributed by atoms with Crippen LogP contribution in [0, 0.1) is 11.6 Å². The summed E-state index contributed by atoms with van der Waals surface area (Å²) in [5.41, 5.74) is 5.86. The summed E-state index contributed by atoms with van der Waals surface area (Å²) in [6, 6.07) is 7.92. The number of rotatable bonds is 2. The number of hydrogen-bond donors (Lipinski definition) is 1. The number of sulfone groups is 1. The second-order valence-electron chi connectivity index (χ2n) is 3.65. The lowest BCUT2D eigenvalue weighted by molar-refractivity contribution is 0.504. The highest BCUT2D eigenvalue weighted by Gasteiger charge is 2.19. The van der Waals surface area contributed by atoms with Crippen LogP contribution in [0.25, 0.3) is 0 Å². The smallest absolute Gasteiger partial charge is 0.206 e. The van der Waals surface area contributed by atoms with Crippen molar-refractivity contribution in [2.75, 3.05) is 5.73 Å². The predicted octanol–water partition coefficient (Wildman–Crippen LogP) is 2.38. The zero-order chi connectivity index (χ0) is 13.3. The molecule has 0 heterocycles. The summed E-state index contributed by atoms with van der Waals surface area (Å²) in [6.07, 6.45) is 0. The molecule has 2 N–H and O–H groups in total. The van der Waals surface area contributed by atoms with Crippen LogP contribution in [0.15, 0.2) is 52.3 Å². The van der Waals surface area contributed by atoms with Gasteiger partial charge in [-0.2, -0.15) is 0 Å². The first-order valence-corrected chi connectivity index (χ1v) is 6.45. The van der Waals surface area contributed by atoms with E-state index in [0.717, 1.165) is 12.1 Å². The van der Waals surface area contributed by atoms with Gasteiger partial charge in [-0.15, -0.1) is 0 Å². The Bertz CT molecular complexity index is 682. The molecule has 0 amide bonds. The molecule has 0 aliphatic carbocycles. The van der Waals surface area contributed by atoms with Crippen LogP contribution in [0.3, 0.4) is 0 Å². The minimum atomic E-state index is -3.86. The van der Waals surface area contributed by atoms with E-state index in [1.807, 2.05) is 0 Å². The van der Waals surface area contributed by atoms with Gasteiger partial charge in [0.05, 0.1) is 9.79 Å². The predicted molar refractivity (Wildman–Crippen MR) is 62.7 cm³/mol. The molecule has 0 spiro atoms. The minimum absolute atomic E-state index is 0.0253. The van der Waals surface area contributed by atoms with Crippen LogP contribution in [-0.2, 0) is 9.84 Å². The largest absolute Gasteiger partial charge is 0.399 e. The van der Waals surface area contributed by atoms with Crippen molar-refractivity contribution in [2.45, 2.75) is 9.79 Å². The van der Waals surface area contributed by atoms with Crippen LogP contribution in [-0.4, -0.2) is 8.42 Å². The van der Waals surface area contributed by atoms with Crippen molar-refractivity contribution in [1.29, 1.82) is 0 Å². The van der Waals surface area contributed by atoms with Crippen molar-refractivity contribution in [3.63, 3.8) is 0 Å². The van der Waals surface area contributed by atoms with Crippen molar-refractivity contribution < 1.29 is 17.2 Å². The molecule has 18 heavy (non-hydrogen) atoms. The van der Waals surface area contributed by atoms with Crippen molar-refractivity contribution >= 4 is 15.5 Å². The van der Waals surface area contributed by atoms with Gasteiger partial charge in [-0.1, -0.05) is 0 Å². The quantitative estimate of drug-likeness (QED) is 0.672. The highest BCUT2D eigenvalue weighted by molar-refractivity contribution is 7.91. The van der Waals surface area contributed by atoms with Gasteiger partial charge in [-0.25, -0.2) is 17.2 Å². The molecule has 0 bridgehead atoms. The molecule has 0 saturated heterocycles. The van der Waals surface area contributed by atoms with E-state index in [9.17, 15) is 17.2 Å². The third-order valence-corrected chi connectivity index (χ3v) is 4.16. The lowest BCUT2D eigenvalue weighted by Gasteiger charge is -2.05. The van der Waals surface area contributed by atoms with E-state index in [1.54, 1.807) is 0 Å². The number of nitrogens with two attached hydrogens (primary N) is 1. The average Bonchev–Trinajstić information content (AvgIpc) is 2.33. The van der Waals surface area contributed by atoms with E-state index in [4.69, 9.17) is 5.73 Å². The second kappa shape index (κ2) is 4.38. The first-order chi connectivity index (χ1) is 8.41. The molecule has 3 nitrogen and oxygen atoms in total. The second-order valence-corrected chi connectivity index (χ2v) is 5.60. The molecule has 0 aliphatic heterocycles. The fourth-order valence-electron chi connectivity index (χ4n) is 1.43. The van der Waals surface area contributed by atoms with Gasteiger partial charge in [0.15, 0.2) is 11.6 Å². The first-order valence-electron chi connectivity index (χ1n) is 4.97. The van der Waals surface area contributed by atoms with Crippen LogP contribution >= 0.6 is 0 Å². The maximum absolute atomic E-state index is 13.0. The van der Waals surface area contributed by atoms with E-state index < -0.39 is 21.5 Å². The van der Waals surface area contributed by atoms with Gasteiger partial charge in [-0.05, 0) is 42.5 Å². The molecule has 2 rings (SSSR count). The van der Waals surface area contributed by atoms with Gasteiger partial charge in [0.2, 0.25) is 9.84 Å². The van der Waals surface area contributed by atoms with Crippen molar-refractivity contribution in [3.8, 4) is 0 Å². The van der Waals surface area contributed by atoms with E-state index >= 15 is 0 Å². The SMILES string of the molecule is Nc1ccc(S(=O)(=O)c2ccc(F)c(F)c2)cc1. The molecular formula is C12H9F2NO2S. The molecule has 0 unspecified atom stereocenters. The normalized spacial score (nSPS) is 11.4. The Labute approximate surface area is 103 Å². The highest BCUT2D eigenvalue weighted by atomic mass is 32.2. The molecule has 0 radical (unpaired) electrons. The minimum Gasteiger partial charge on any atom is -0.399 e. The molecule has 0 atom stereocenters. The molecular weight excluding hydrogens is 260 g/mol. The number of halogens is 2. The maximum atomic E-state index is 13.0. The number of benzene rings is 2. The van der Waals surface area contributed by atoms with Crippen LogP contribution in [0.2, 0.25) is 0 Å². The van der Waals surface area contributed by atoms with Gasteiger partial charge in [-0.3, -0.25) is 0 Å². The van der Waals surface area contributed by atoms with E-state index in [-0.39, 0.29) is 9.79 Å². The molecule has 0 saturated carbocycles.